The van der Waals surface area contributed by atoms with Gasteiger partial charge in [0.25, 0.3) is 11.5 Å². The number of carbonyl (C=O) groups excluding carboxylic acids is 2. The van der Waals surface area contributed by atoms with Crippen LogP contribution < -0.4 is 21.7 Å². The number of nitrogens with one attached hydrogen (secondary N) is 1. The van der Waals surface area contributed by atoms with Crippen molar-refractivity contribution in [2.75, 3.05) is 6.61 Å². The number of unbranched alkanes of at least 4 members (excludes halogenated alkanes) is 1. The van der Waals surface area contributed by atoms with Gasteiger partial charge >= 0.3 is 11.7 Å². The van der Waals surface area contributed by atoms with Crippen molar-refractivity contribution in [1.82, 2.24) is 19.1 Å². The van der Waals surface area contributed by atoms with Gasteiger partial charge in [0, 0.05) is 13.6 Å². The number of esters is 1. The van der Waals surface area contributed by atoms with Crippen LogP contribution in [0.1, 0.15) is 35.9 Å². The van der Waals surface area contributed by atoms with E-state index in [1.165, 1.54) is 21.3 Å². The zero-order valence-electron chi connectivity index (χ0n) is 17.2. The maximum Gasteiger partial charge on any atom is 0.342 e. The smallest absolute Gasteiger partial charge is 0.342 e. The number of carbonyl (C=O) groups is 2. The van der Waals surface area contributed by atoms with Crippen molar-refractivity contribution in [3.05, 3.63) is 56.5 Å². The van der Waals surface area contributed by atoms with Crippen molar-refractivity contribution in [3.63, 3.8) is 0 Å². The summed E-state index contributed by atoms with van der Waals surface area (Å²) in [6, 6.07) is 6.26. The van der Waals surface area contributed by atoms with Gasteiger partial charge in [-0.05, 0) is 18.6 Å². The average molecular weight is 429 g/mol. The normalized spacial score (nSPS) is 10.9. The number of nitrogens with zero attached hydrogens (tertiary/aromatic N) is 3. The van der Waals surface area contributed by atoms with Crippen molar-refractivity contribution < 1.29 is 19.1 Å². The molecule has 3 N–H and O–H groups in total. The lowest BCUT2D eigenvalue weighted by Gasteiger charge is -2.10. The number of H-pyrrole nitrogens is 1. The van der Waals surface area contributed by atoms with Gasteiger partial charge in [0.2, 0.25) is 0 Å². The van der Waals surface area contributed by atoms with Crippen LogP contribution in [-0.2, 0) is 29.7 Å². The van der Waals surface area contributed by atoms with Crippen LogP contribution in [0.15, 0.2) is 33.9 Å². The fraction of sp³-hybridized carbons (Fsp3) is 0.350. The number of primary amides is 1. The fourth-order valence-electron chi connectivity index (χ4n) is 3.06. The van der Waals surface area contributed by atoms with Crippen LogP contribution in [0.25, 0.3) is 11.2 Å². The second-order valence-electron chi connectivity index (χ2n) is 6.85. The second-order valence-corrected chi connectivity index (χ2v) is 6.85. The number of amides is 1. The quantitative estimate of drug-likeness (QED) is 0.468. The van der Waals surface area contributed by atoms with Gasteiger partial charge in [0.05, 0.1) is 0 Å². The Kier molecular flexibility index (Phi) is 6.53. The van der Waals surface area contributed by atoms with Crippen LogP contribution in [0.3, 0.4) is 0 Å². The van der Waals surface area contributed by atoms with E-state index in [4.69, 9.17) is 15.2 Å². The molecule has 0 radical (unpaired) electrons. The molecule has 0 saturated carbocycles. The van der Waals surface area contributed by atoms with Crippen LogP contribution in [0.2, 0.25) is 0 Å². The maximum atomic E-state index is 12.6. The Labute approximate surface area is 176 Å². The molecule has 0 unspecified atom stereocenters. The Morgan fingerprint density at radius 1 is 1.23 bits per heavy atom. The fourth-order valence-corrected chi connectivity index (χ4v) is 3.06. The number of fused-ring (bicyclic) bond motifs is 1. The van der Waals surface area contributed by atoms with E-state index in [1.807, 2.05) is 6.92 Å². The van der Waals surface area contributed by atoms with Crippen molar-refractivity contribution in [1.29, 1.82) is 0 Å². The molecule has 1 amide bonds. The molecule has 0 atom stereocenters. The molecule has 0 bridgehead atoms. The number of hydrogen-bond acceptors (Lipinski definition) is 7. The summed E-state index contributed by atoms with van der Waals surface area (Å²) in [7, 11) is 1.60. The maximum absolute atomic E-state index is 12.6. The minimum Gasteiger partial charge on any atom is -0.483 e. The molecular weight excluding hydrogens is 406 g/mol. The highest BCUT2D eigenvalue weighted by atomic mass is 16.5. The van der Waals surface area contributed by atoms with Gasteiger partial charge in [0.15, 0.2) is 17.8 Å². The SMILES string of the molecule is CCCCn1c(=O)[nH]c(=O)c2c1nc(COC(=O)c1ccccc1OCC(N)=O)n2C. The highest BCUT2D eigenvalue weighted by Gasteiger charge is 2.19. The molecule has 0 saturated heterocycles. The number of benzene rings is 1. The Morgan fingerprint density at radius 3 is 2.68 bits per heavy atom. The van der Waals surface area contributed by atoms with Crippen LogP contribution in [-0.4, -0.2) is 37.6 Å². The van der Waals surface area contributed by atoms with E-state index in [9.17, 15) is 19.2 Å². The van der Waals surface area contributed by atoms with Crippen molar-refractivity contribution in [2.24, 2.45) is 12.8 Å². The summed E-state index contributed by atoms with van der Waals surface area (Å²) in [4.78, 5) is 54.7. The minimum absolute atomic E-state index is 0.111. The van der Waals surface area contributed by atoms with Crippen molar-refractivity contribution in [2.45, 2.75) is 32.9 Å². The average Bonchev–Trinajstić information content (AvgIpc) is 3.07. The monoisotopic (exact) mass is 429 g/mol. The molecule has 0 aliphatic carbocycles. The van der Waals surface area contributed by atoms with Gasteiger partial charge < -0.3 is 19.8 Å². The van der Waals surface area contributed by atoms with Crippen LogP contribution in [0, 0.1) is 0 Å². The van der Waals surface area contributed by atoms with E-state index in [2.05, 4.69) is 9.97 Å². The number of nitrogens with two attached hydrogens (primary N) is 1. The predicted octanol–water partition coefficient (Wildman–Crippen LogP) is 0.445. The summed E-state index contributed by atoms with van der Waals surface area (Å²) in [5, 5.41) is 0. The first-order chi connectivity index (χ1) is 14.8. The van der Waals surface area contributed by atoms with Crippen molar-refractivity contribution >= 4 is 23.0 Å². The molecular formula is C20H23N5O6. The Hall–Kier alpha value is -3.89. The van der Waals surface area contributed by atoms with E-state index < -0.39 is 23.1 Å². The lowest BCUT2D eigenvalue weighted by Crippen LogP contribution is -2.31. The van der Waals surface area contributed by atoms with Gasteiger partial charge in [-0.3, -0.25) is 19.1 Å². The molecule has 0 aliphatic rings. The summed E-state index contributed by atoms with van der Waals surface area (Å²) < 4.78 is 13.5. The zero-order chi connectivity index (χ0) is 22.5. The summed E-state index contributed by atoms with van der Waals surface area (Å²) >= 11 is 0. The number of imidazole rings is 1. The number of hydrogen-bond donors (Lipinski definition) is 2. The summed E-state index contributed by atoms with van der Waals surface area (Å²) in [6.45, 7) is 1.77. The number of aromatic nitrogens is 4. The first kappa shape index (κ1) is 21.8. The summed E-state index contributed by atoms with van der Waals surface area (Å²) in [5.74, 6) is -0.937. The Balaban J connectivity index is 1.87. The first-order valence-electron chi connectivity index (χ1n) is 9.69. The van der Waals surface area contributed by atoms with E-state index in [1.54, 1.807) is 19.2 Å². The molecule has 3 aromatic rings. The van der Waals surface area contributed by atoms with Gasteiger partial charge in [-0.25, -0.2) is 14.6 Å². The topological polar surface area (TPSA) is 151 Å². The Bertz CT molecular complexity index is 1240. The number of ether oxygens (including phenoxy) is 2. The molecule has 0 spiro atoms. The standard InChI is InChI=1S/C20H23N5O6/c1-3-4-9-25-17-16(18(27)23-20(25)29)24(2)15(22-17)11-31-19(28)12-7-5-6-8-13(12)30-10-14(21)26/h5-8H,3-4,9-11H2,1-2H3,(H2,21,26)(H,23,27,29). The molecule has 1 aromatic carbocycles. The highest BCUT2D eigenvalue weighted by molar-refractivity contribution is 5.92. The van der Waals surface area contributed by atoms with Crippen LogP contribution in [0.4, 0.5) is 0 Å². The van der Waals surface area contributed by atoms with Gasteiger partial charge in [-0.2, -0.15) is 0 Å². The molecule has 3 rings (SSSR count). The number of para-hydroxylation sites is 1. The van der Waals surface area contributed by atoms with E-state index in [0.29, 0.717) is 12.4 Å². The van der Waals surface area contributed by atoms with Crippen molar-refractivity contribution in [3.8, 4) is 5.75 Å². The first-order valence-corrected chi connectivity index (χ1v) is 9.69. The highest BCUT2D eigenvalue weighted by Crippen LogP contribution is 2.20. The molecule has 11 heteroatoms. The lowest BCUT2D eigenvalue weighted by atomic mass is 10.2. The van der Waals surface area contributed by atoms with E-state index >= 15 is 0 Å². The molecule has 164 valence electrons. The largest absolute Gasteiger partial charge is 0.483 e. The molecule has 31 heavy (non-hydrogen) atoms. The van der Waals surface area contributed by atoms with Crippen LogP contribution in [0.5, 0.6) is 5.75 Å². The lowest BCUT2D eigenvalue weighted by molar-refractivity contribution is -0.119. The Morgan fingerprint density at radius 2 is 1.97 bits per heavy atom. The third kappa shape index (κ3) is 4.65. The summed E-state index contributed by atoms with van der Waals surface area (Å²) in [5.41, 5.74) is 4.54. The molecule has 0 aliphatic heterocycles. The predicted molar refractivity (Wildman–Crippen MR) is 111 cm³/mol. The van der Waals surface area contributed by atoms with Gasteiger partial charge in [-0.1, -0.05) is 25.5 Å². The molecule has 11 nitrogen and oxygen atoms in total. The summed E-state index contributed by atoms with van der Waals surface area (Å²) in [6.07, 6.45) is 1.60. The zero-order valence-corrected chi connectivity index (χ0v) is 17.2. The van der Waals surface area contributed by atoms with E-state index in [0.717, 1.165) is 12.8 Å². The number of aromatic amines is 1. The third-order valence-corrected chi connectivity index (χ3v) is 4.65. The van der Waals surface area contributed by atoms with E-state index in [-0.39, 0.29) is 35.7 Å². The number of aryl methyl sites for hydroxylation is 2. The van der Waals surface area contributed by atoms with Crippen LogP contribution >= 0.6 is 0 Å². The van der Waals surface area contributed by atoms with Gasteiger partial charge in [0.1, 0.15) is 23.7 Å². The van der Waals surface area contributed by atoms with Gasteiger partial charge in [-0.15, -0.1) is 0 Å². The second kappa shape index (κ2) is 9.28. The minimum atomic E-state index is -0.704. The molecule has 2 heterocycles. The number of rotatable bonds is 9. The molecule has 0 fully saturated rings. The molecule has 2 aromatic heterocycles. The third-order valence-electron chi connectivity index (χ3n) is 4.65.